The SMILES string of the molecule is Cl.c1ccc(CCN2CCN(CCCCn3c4ccccc4c4ccccc43)CC2)cc1. The molecule has 0 spiro atoms. The van der Waals surface area contributed by atoms with E-state index in [0.717, 1.165) is 6.54 Å². The molecule has 4 aromatic rings. The zero-order chi connectivity index (χ0) is 20.9. The van der Waals surface area contributed by atoms with Gasteiger partial charge in [0.05, 0.1) is 0 Å². The topological polar surface area (TPSA) is 11.4 Å². The first kappa shape index (κ1) is 22.8. The molecular weight excluding hydrogens is 414 g/mol. The van der Waals surface area contributed by atoms with Gasteiger partial charge in [0.2, 0.25) is 0 Å². The van der Waals surface area contributed by atoms with E-state index in [1.54, 1.807) is 0 Å². The zero-order valence-corrected chi connectivity index (χ0v) is 19.6. The fourth-order valence-electron chi connectivity index (χ4n) is 5.02. The minimum absolute atomic E-state index is 0. The molecule has 0 saturated carbocycles. The van der Waals surface area contributed by atoms with E-state index in [-0.39, 0.29) is 12.4 Å². The number of rotatable bonds is 8. The highest BCUT2D eigenvalue weighted by molar-refractivity contribution is 6.07. The summed E-state index contributed by atoms with van der Waals surface area (Å²) in [4.78, 5) is 5.28. The molecular formula is C28H34ClN3. The van der Waals surface area contributed by atoms with Crippen LogP contribution < -0.4 is 0 Å². The molecule has 0 radical (unpaired) electrons. The maximum Gasteiger partial charge on any atom is 0.0491 e. The molecule has 168 valence electrons. The van der Waals surface area contributed by atoms with Crippen molar-refractivity contribution in [1.82, 2.24) is 14.4 Å². The molecule has 0 amide bonds. The van der Waals surface area contributed by atoms with E-state index in [1.807, 2.05) is 0 Å². The van der Waals surface area contributed by atoms with Crippen LogP contribution in [0.5, 0.6) is 0 Å². The Bertz CT molecular complexity index is 1060. The summed E-state index contributed by atoms with van der Waals surface area (Å²) < 4.78 is 2.52. The summed E-state index contributed by atoms with van der Waals surface area (Å²) in [6.07, 6.45) is 3.67. The number of fused-ring (bicyclic) bond motifs is 3. The van der Waals surface area contributed by atoms with E-state index in [1.165, 1.54) is 85.9 Å². The van der Waals surface area contributed by atoms with E-state index in [2.05, 4.69) is 93.2 Å². The largest absolute Gasteiger partial charge is 0.340 e. The van der Waals surface area contributed by atoms with Gasteiger partial charge in [0.25, 0.3) is 0 Å². The zero-order valence-electron chi connectivity index (χ0n) is 18.8. The quantitative estimate of drug-likeness (QED) is 0.313. The molecule has 1 aliphatic heterocycles. The van der Waals surface area contributed by atoms with Gasteiger partial charge in [0.15, 0.2) is 0 Å². The summed E-state index contributed by atoms with van der Waals surface area (Å²) in [5, 5.41) is 2.76. The van der Waals surface area contributed by atoms with Gasteiger partial charge in [-0.1, -0.05) is 66.7 Å². The molecule has 1 fully saturated rings. The van der Waals surface area contributed by atoms with Crippen molar-refractivity contribution in [3.8, 4) is 0 Å². The highest BCUT2D eigenvalue weighted by Crippen LogP contribution is 2.29. The van der Waals surface area contributed by atoms with Crippen LogP contribution >= 0.6 is 12.4 Å². The van der Waals surface area contributed by atoms with Gasteiger partial charge in [0, 0.05) is 61.1 Å². The van der Waals surface area contributed by atoms with Crippen LogP contribution in [0, 0.1) is 0 Å². The molecule has 5 rings (SSSR count). The maximum absolute atomic E-state index is 2.66. The Morgan fingerprint density at radius 2 is 1.03 bits per heavy atom. The molecule has 3 nitrogen and oxygen atoms in total. The lowest BCUT2D eigenvalue weighted by Crippen LogP contribution is -2.47. The molecule has 1 saturated heterocycles. The molecule has 0 atom stereocenters. The van der Waals surface area contributed by atoms with Crippen molar-refractivity contribution >= 4 is 34.2 Å². The van der Waals surface area contributed by atoms with Gasteiger partial charge in [-0.05, 0) is 43.5 Å². The third-order valence-electron chi connectivity index (χ3n) is 6.81. The van der Waals surface area contributed by atoms with Crippen molar-refractivity contribution in [1.29, 1.82) is 0 Å². The standard InChI is InChI=1S/C28H33N3.ClH/c1-2-10-24(11-3-1)16-19-30-22-20-29(21-23-30)17-8-9-18-31-27-14-6-4-12-25(27)26-13-5-7-15-28(26)31;/h1-7,10-15H,8-9,16-23H2;1H. The number of piperazine rings is 1. The van der Waals surface area contributed by atoms with Crippen LogP contribution in [-0.4, -0.2) is 53.6 Å². The van der Waals surface area contributed by atoms with E-state index in [9.17, 15) is 0 Å². The summed E-state index contributed by atoms with van der Waals surface area (Å²) in [7, 11) is 0. The Balaban J connectivity index is 0.00000245. The summed E-state index contributed by atoms with van der Waals surface area (Å²) in [6, 6.07) is 28.6. The fraction of sp³-hybridized carbons (Fsp3) is 0.357. The van der Waals surface area contributed by atoms with Crippen LogP contribution in [0.3, 0.4) is 0 Å². The lowest BCUT2D eigenvalue weighted by atomic mass is 10.1. The molecule has 0 bridgehead atoms. The molecule has 3 aromatic carbocycles. The van der Waals surface area contributed by atoms with Crippen LogP contribution in [-0.2, 0) is 13.0 Å². The number of aryl methyl sites for hydroxylation is 1. The predicted octanol–water partition coefficient (Wildman–Crippen LogP) is 5.86. The second kappa shape index (κ2) is 11.0. The van der Waals surface area contributed by atoms with Gasteiger partial charge < -0.3 is 14.4 Å². The van der Waals surface area contributed by atoms with Crippen molar-refractivity contribution in [3.63, 3.8) is 0 Å². The molecule has 2 heterocycles. The Morgan fingerprint density at radius 1 is 0.531 bits per heavy atom. The smallest absolute Gasteiger partial charge is 0.0491 e. The molecule has 1 aromatic heterocycles. The lowest BCUT2D eigenvalue weighted by Gasteiger charge is -2.34. The summed E-state index contributed by atoms with van der Waals surface area (Å²) >= 11 is 0. The number of hydrogen-bond donors (Lipinski definition) is 0. The molecule has 1 aliphatic rings. The van der Waals surface area contributed by atoms with Crippen LogP contribution in [0.2, 0.25) is 0 Å². The third kappa shape index (κ3) is 5.17. The number of halogens is 1. The second-order valence-electron chi connectivity index (χ2n) is 8.81. The highest BCUT2D eigenvalue weighted by atomic mass is 35.5. The van der Waals surface area contributed by atoms with Gasteiger partial charge in [-0.15, -0.1) is 12.4 Å². The van der Waals surface area contributed by atoms with E-state index >= 15 is 0 Å². The van der Waals surface area contributed by atoms with Gasteiger partial charge in [-0.2, -0.15) is 0 Å². The number of nitrogens with zero attached hydrogens (tertiary/aromatic N) is 3. The lowest BCUT2D eigenvalue weighted by molar-refractivity contribution is 0.131. The van der Waals surface area contributed by atoms with Gasteiger partial charge in [-0.3, -0.25) is 0 Å². The van der Waals surface area contributed by atoms with Gasteiger partial charge >= 0.3 is 0 Å². The maximum atomic E-state index is 2.66. The van der Waals surface area contributed by atoms with Crippen molar-refractivity contribution < 1.29 is 0 Å². The van der Waals surface area contributed by atoms with Crippen LogP contribution in [0.15, 0.2) is 78.9 Å². The average molecular weight is 448 g/mol. The van der Waals surface area contributed by atoms with Gasteiger partial charge in [-0.25, -0.2) is 0 Å². The monoisotopic (exact) mass is 447 g/mol. The van der Waals surface area contributed by atoms with Crippen LogP contribution in [0.1, 0.15) is 18.4 Å². The van der Waals surface area contributed by atoms with Crippen molar-refractivity contribution in [2.24, 2.45) is 0 Å². The molecule has 0 aliphatic carbocycles. The summed E-state index contributed by atoms with van der Waals surface area (Å²) in [6.45, 7) is 8.36. The number of para-hydroxylation sites is 2. The van der Waals surface area contributed by atoms with Crippen LogP contribution in [0.4, 0.5) is 0 Å². The second-order valence-corrected chi connectivity index (χ2v) is 8.81. The molecule has 32 heavy (non-hydrogen) atoms. The molecule has 0 unspecified atom stereocenters. The Kier molecular flexibility index (Phi) is 7.85. The van der Waals surface area contributed by atoms with Crippen molar-refractivity contribution in [2.75, 3.05) is 39.3 Å². The first-order valence-electron chi connectivity index (χ1n) is 11.8. The minimum Gasteiger partial charge on any atom is -0.340 e. The summed E-state index contributed by atoms with van der Waals surface area (Å²) in [5.74, 6) is 0. The number of aromatic nitrogens is 1. The number of hydrogen-bond acceptors (Lipinski definition) is 2. The first-order chi connectivity index (χ1) is 15.4. The van der Waals surface area contributed by atoms with E-state index in [4.69, 9.17) is 0 Å². The average Bonchev–Trinajstić information content (AvgIpc) is 3.16. The molecule has 4 heteroatoms. The number of unbranched alkanes of at least 4 members (excludes halogenated alkanes) is 1. The third-order valence-corrected chi connectivity index (χ3v) is 6.81. The predicted molar refractivity (Wildman–Crippen MR) is 139 cm³/mol. The van der Waals surface area contributed by atoms with E-state index in [0.29, 0.717) is 0 Å². The van der Waals surface area contributed by atoms with Crippen molar-refractivity contribution in [2.45, 2.75) is 25.8 Å². The van der Waals surface area contributed by atoms with Gasteiger partial charge in [0.1, 0.15) is 0 Å². The van der Waals surface area contributed by atoms with Crippen LogP contribution in [0.25, 0.3) is 21.8 Å². The Morgan fingerprint density at radius 3 is 1.66 bits per heavy atom. The number of benzene rings is 3. The van der Waals surface area contributed by atoms with E-state index < -0.39 is 0 Å². The summed E-state index contributed by atoms with van der Waals surface area (Å²) in [5.41, 5.74) is 4.20. The molecule has 0 N–H and O–H groups in total. The first-order valence-corrected chi connectivity index (χ1v) is 11.8. The van der Waals surface area contributed by atoms with Crippen molar-refractivity contribution in [3.05, 3.63) is 84.4 Å². The Hall–Kier alpha value is -2.33. The minimum atomic E-state index is 0. The normalized spacial score (nSPS) is 15.2. The highest BCUT2D eigenvalue weighted by Gasteiger charge is 2.16. The fourth-order valence-corrected chi connectivity index (χ4v) is 5.02. The Labute approximate surface area is 198 Å².